The first-order chi connectivity index (χ1) is 15.3. The van der Waals surface area contributed by atoms with Crippen molar-refractivity contribution in [3.05, 3.63) is 94.5 Å². The van der Waals surface area contributed by atoms with E-state index in [0.717, 1.165) is 16.8 Å². The second-order valence-electron chi connectivity index (χ2n) is 8.58. The average molecular weight is 427 g/mol. The van der Waals surface area contributed by atoms with E-state index in [1.807, 2.05) is 48.5 Å². The van der Waals surface area contributed by atoms with Crippen LogP contribution in [0.1, 0.15) is 81.7 Å². The Balaban J connectivity index is 2.00. The molecular weight excluding hydrogens is 400 g/mol. The molecule has 3 aromatic rings. The molecule has 0 fully saturated rings. The van der Waals surface area contributed by atoms with E-state index in [2.05, 4.69) is 33.0 Å². The fourth-order valence-electron chi connectivity index (χ4n) is 4.21. The molecule has 1 aliphatic rings. The summed E-state index contributed by atoms with van der Waals surface area (Å²) in [7, 11) is 0. The summed E-state index contributed by atoms with van der Waals surface area (Å²) in [4.78, 5) is 40.6. The molecule has 0 aliphatic carbocycles. The highest BCUT2D eigenvalue weighted by Gasteiger charge is 2.34. The summed E-state index contributed by atoms with van der Waals surface area (Å²) in [6, 6.07) is 20.4. The predicted molar refractivity (Wildman–Crippen MR) is 126 cm³/mol. The predicted octanol–water partition coefficient (Wildman–Crippen LogP) is 5.80. The molecule has 162 valence electrons. The van der Waals surface area contributed by atoms with Crippen molar-refractivity contribution in [3.63, 3.8) is 0 Å². The van der Waals surface area contributed by atoms with E-state index >= 15 is 0 Å². The molecule has 5 nitrogen and oxygen atoms in total. The van der Waals surface area contributed by atoms with Crippen molar-refractivity contribution in [1.82, 2.24) is 5.32 Å². The Hall–Kier alpha value is -3.73. The van der Waals surface area contributed by atoms with Gasteiger partial charge in [0.05, 0.1) is 22.4 Å². The standard InChI is InChI=1S/C27H26N2O3/c1-16(2)19-12-8-13-20(17(3)4)24(19)29(18-10-6-5-7-11-18)27(32)22-15-9-14-21-23(22)26(31)28-25(21)30/h5-17H,1-4H3,(H,28,30,31). The maximum atomic E-state index is 14.1. The quantitative estimate of drug-likeness (QED) is 0.525. The van der Waals surface area contributed by atoms with E-state index in [1.165, 1.54) is 0 Å². The van der Waals surface area contributed by atoms with Crippen molar-refractivity contribution < 1.29 is 14.4 Å². The maximum absolute atomic E-state index is 14.1. The molecule has 0 atom stereocenters. The van der Waals surface area contributed by atoms with Crippen LogP contribution in [0.15, 0.2) is 66.7 Å². The molecule has 0 radical (unpaired) electrons. The molecule has 0 aromatic heterocycles. The normalized spacial score (nSPS) is 12.8. The summed E-state index contributed by atoms with van der Waals surface area (Å²) < 4.78 is 0. The molecule has 0 saturated carbocycles. The first-order valence-corrected chi connectivity index (χ1v) is 10.8. The minimum absolute atomic E-state index is 0.136. The zero-order chi connectivity index (χ0) is 23.0. The van der Waals surface area contributed by atoms with Crippen LogP contribution in [-0.4, -0.2) is 17.7 Å². The highest BCUT2D eigenvalue weighted by molar-refractivity contribution is 6.27. The molecule has 3 aromatic carbocycles. The molecule has 32 heavy (non-hydrogen) atoms. The first-order valence-electron chi connectivity index (χ1n) is 10.8. The number of hydrogen-bond acceptors (Lipinski definition) is 3. The average Bonchev–Trinajstić information content (AvgIpc) is 3.08. The highest BCUT2D eigenvalue weighted by atomic mass is 16.2. The number of para-hydroxylation sites is 2. The van der Waals surface area contributed by atoms with Gasteiger partial charge in [-0.3, -0.25) is 24.6 Å². The van der Waals surface area contributed by atoms with Crippen LogP contribution in [0, 0.1) is 0 Å². The van der Waals surface area contributed by atoms with E-state index in [4.69, 9.17) is 0 Å². The Morgan fingerprint density at radius 2 is 1.34 bits per heavy atom. The summed E-state index contributed by atoms with van der Waals surface area (Å²) in [6.45, 7) is 8.40. The number of rotatable bonds is 5. The lowest BCUT2D eigenvalue weighted by atomic mass is 9.91. The summed E-state index contributed by atoms with van der Waals surface area (Å²) in [5.74, 6) is -1.00. The fourth-order valence-corrected chi connectivity index (χ4v) is 4.21. The summed E-state index contributed by atoms with van der Waals surface area (Å²) >= 11 is 0. The third kappa shape index (κ3) is 3.60. The number of carbonyl (C=O) groups is 3. The van der Waals surface area contributed by atoms with Crippen LogP contribution in [0.2, 0.25) is 0 Å². The first kappa shape index (κ1) is 21.5. The molecule has 5 heteroatoms. The van der Waals surface area contributed by atoms with Crippen LogP contribution in [0.25, 0.3) is 0 Å². The van der Waals surface area contributed by atoms with Gasteiger partial charge < -0.3 is 0 Å². The van der Waals surface area contributed by atoms with Gasteiger partial charge in [-0.15, -0.1) is 0 Å². The molecule has 0 bridgehead atoms. The second-order valence-corrected chi connectivity index (χ2v) is 8.58. The van der Waals surface area contributed by atoms with Crippen LogP contribution in [0.3, 0.4) is 0 Å². The number of amides is 3. The van der Waals surface area contributed by atoms with E-state index in [9.17, 15) is 14.4 Å². The zero-order valence-electron chi connectivity index (χ0n) is 18.7. The lowest BCUT2D eigenvalue weighted by molar-refractivity contribution is 0.0874. The molecule has 4 rings (SSSR count). The van der Waals surface area contributed by atoms with Crippen molar-refractivity contribution in [3.8, 4) is 0 Å². The zero-order valence-corrected chi connectivity index (χ0v) is 18.7. The Morgan fingerprint density at radius 1 is 0.750 bits per heavy atom. The van der Waals surface area contributed by atoms with Crippen LogP contribution < -0.4 is 10.2 Å². The van der Waals surface area contributed by atoms with Crippen LogP contribution in [0.5, 0.6) is 0 Å². The van der Waals surface area contributed by atoms with E-state index in [1.54, 1.807) is 23.1 Å². The number of benzene rings is 3. The Kier molecular flexibility index (Phi) is 5.66. The van der Waals surface area contributed by atoms with E-state index in [0.29, 0.717) is 5.69 Å². The molecular formula is C27H26N2O3. The summed E-state index contributed by atoms with van der Waals surface area (Å²) in [5.41, 5.74) is 4.20. The highest BCUT2D eigenvalue weighted by Crippen LogP contribution is 2.40. The van der Waals surface area contributed by atoms with Gasteiger partial charge in [0.25, 0.3) is 17.7 Å². The van der Waals surface area contributed by atoms with Gasteiger partial charge >= 0.3 is 0 Å². The van der Waals surface area contributed by atoms with Crippen molar-refractivity contribution in [2.45, 2.75) is 39.5 Å². The number of hydrogen-bond donors (Lipinski definition) is 1. The third-order valence-corrected chi connectivity index (χ3v) is 5.78. The number of imide groups is 1. The van der Waals surface area contributed by atoms with Gasteiger partial charge in [-0.25, -0.2) is 0 Å². The fraction of sp³-hybridized carbons (Fsp3) is 0.222. The van der Waals surface area contributed by atoms with Crippen LogP contribution >= 0.6 is 0 Å². The van der Waals surface area contributed by atoms with E-state index < -0.39 is 11.8 Å². The monoisotopic (exact) mass is 426 g/mol. The Labute approximate surface area is 188 Å². The van der Waals surface area contributed by atoms with Crippen molar-refractivity contribution >= 4 is 29.1 Å². The van der Waals surface area contributed by atoms with Crippen molar-refractivity contribution in [2.24, 2.45) is 0 Å². The third-order valence-electron chi connectivity index (χ3n) is 5.78. The van der Waals surface area contributed by atoms with Gasteiger partial charge in [0.15, 0.2) is 0 Å². The number of anilines is 2. The Morgan fingerprint density at radius 3 is 1.94 bits per heavy atom. The number of nitrogens with one attached hydrogen (secondary N) is 1. The summed E-state index contributed by atoms with van der Waals surface area (Å²) in [5, 5.41) is 2.31. The lowest BCUT2D eigenvalue weighted by Gasteiger charge is -2.30. The minimum Gasteiger partial charge on any atom is -0.288 e. The molecule has 1 aliphatic heterocycles. The van der Waals surface area contributed by atoms with Gasteiger partial charge in [-0.1, -0.05) is 70.2 Å². The van der Waals surface area contributed by atoms with Crippen LogP contribution in [0.4, 0.5) is 11.4 Å². The van der Waals surface area contributed by atoms with E-state index in [-0.39, 0.29) is 34.4 Å². The molecule has 0 saturated heterocycles. The lowest BCUT2D eigenvalue weighted by Crippen LogP contribution is -2.30. The smallest absolute Gasteiger partial charge is 0.263 e. The SMILES string of the molecule is CC(C)c1cccc(C(C)C)c1N(C(=O)c1cccc2c1C(=O)NC2=O)c1ccccc1. The van der Waals surface area contributed by atoms with Crippen molar-refractivity contribution in [1.29, 1.82) is 0 Å². The largest absolute Gasteiger partial charge is 0.288 e. The maximum Gasteiger partial charge on any atom is 0.263 e. The molecule has 0 unspecified atom stereocenters. The molecule has 0 spiro atoms. The number of fused-ring (bicyclic) bond motifs is 1. The number of carbonyl (C=O) groups excluding carboxylic acids is 3. The summed E-state index contributed by atoms with van der Waals surface area (Å²) in [6.07, 6.45) is 0. The molecule has 3 amide bonds. The van der Waals surface area contributed by atoms with Gasteiger partial charge in [0, 0.05) is 5.69 Å². The Bertz CT molecular complexity index is 1190. The molecule has 1 N–H and O–H groups in total. The van der Waals surface area contributed by atoms with Gasteiger partial charge in [0.2, 0.25) is 0 Å². The molecule has 1 heterocycles. The van der Waals surface area contributed by atoms with Crippen LogP contribution in [-0.2, 0) is 0 Å². The minimum atomic E-state index is -0.539. The van der Waals surface area contributed by atoms with Gasteiger partial charge in [-0.05, 0) is 47.2 Å². The van der Waals surface area contributed by atoms with Gasteiger partial charge in [0.1, 0.15) is 0 Å². The second kappa shape index (κ2) is 8.42. The van der Waals surface area contributed by atoms with Crippen molar-refractivity contribution in [2.75, 3.05) is 4.90 Å². The van der Waals surface area contributed by atoms with Gasteiger partial charge in [-0.2, -0.15) is 0 Å². The topological polar surface area (TPSA) is 66.5 Å². The number of nitrogens with zero attached hydrogens (tertiary/aromatic N) is 1.